The lowest BCUT2D eigenvalue weighted by molar-refractivity contribution is 0.0930. The zero-order valence-electron chi connectivity index (χ0n) is 11.1. The SMILES string of the molecule is CC(C)C(C)NC(=O)c1cc(Br)cc(S(=O)(=O)Cl)c1Cl. The number of carbonyl (C=O) groups excluding carboxylic acids is 1. The fraction of sp³-hybridized carbons (Fsp3) is 0.417. The van der Waals surface area contributed by atoms with Gasteiger partial charge in [-0.25, -0.2) is 8.42 Å². The maximum atomic E-state index is 12.2. The predicted molar refractivity (Wildman–Crippen MR) is 84.0 cm³/mol. The molecule has 1 amide bonds. The van der Waals surface area contributed by atoms with Gasteiger partial charge in [-0.3, -0.25) is 4.79 Å². The summed E-state index contributed by atoms with van der Waals surface area (Å²) in [6.45, 7) is 5.78. The van der Waals surface area contributed by atoms with Gasteiger partial charge in [0, 0.05) is 21.2 Å². The van der Waals surface area contributed by atoms with Gasteiger partial charge in [0.05, 0.1) is 10.6 Å². The Bertz CT molecular complexity index is 632. The van der Waals surface area contributed by atoms with Gasteiger partial charge in [0.25, 0.3) is 15.0 Å². The molecule has 0 fully saturated rings. The maximum absolute atomic E-state index is 12.2. The third kappa shape index (κ3) is 4.35. The van der Waals surface area contributed by atoms with Gasteiger partial charge < -0.3 is 5.32 Å². The van der Waals surface area contributed by atoms with Crippen LogP contribution in [0, 0.1) is 5.92 Å². The van der Waals surface area contributed by atoms with E-state index in [9.17, 15) is 13.2 Å². The number of hydrogen-bond acceptors (Lipinski definition) is 3. The molecule has 1 N–H and O–H groups in total. The van der Waals surface area contributed by atoms with Crippen molar-refractivity contribution in [1.82, 2.24) is 5.32 Å². The first-order chi connectivity index (χ1) is 9.04. The Morgan fingerprint density at radius 2 is 1.85 bits per heavy atom. The van der Waals surface area contributed by atoms with E-state index in [1.165, 1.54) is 12.1 Å². The van der Waals surface area contributed by atoms with Crippen LogP contribution in [-0.2, 0) is 9.05 Å². The number of amides is 1. The smallest absolute Gasteiger partial charge is 0.262 e. The van der Waals surface area contributed by atoms with Crippen LogP contribution in [0.1, 0.15) is 31.1 Å². The molecule has 1 aromatic rings. The quantitative estimate of drug-likeness (QED) is 0.779. The zero-order valence-corrected chi connectivity index (χ0v) is 15.0. The van der Waals surface area contributed by atoms with Crippen molar-refractivity contribution in [2.24, 2.45) is 5.92 Å². The summed E-state index contributed by atoms with van der Waals surface area (Å²) in [6, 6.07) is 2.64. The van der Waals surface area contributed by atoms with Crippen LogP contribution in [0.5, 0.6) is 0 Å². The molecule has 0 radical (unpaired) electrons. The highest BCUT2D eigenvalue weighted by molar-refractivity contribution is 9.10. The van der Waals surface area contributed by atoms with Gasteiger partial charge in [-0.2, -0.15) is 0 Å². The average Bonchev–Trinajstić information content (AvgIpc) is 2.29. The number of rotatable bonds is 4. The summed E-state index contributed by atoms with van der Waals surface area (Å²) in [5, 5.41) is 2.58. The summed E-state index contributed by atoms with van der Waals surface area (Å²) in [7, 11) is 1.28. The highest BCUT2D eigenvalue weighted by atomic mass is 79.9. The largest absolute Gasteiger partial charge is 0.349 e. The number of hydrogen-bond donors (Lipinski definition) is 1. The molecule has 0 aliphatic heterocycles. The van der Waals surface area contributed by atoms with Crippen molar-refractivity contribution < 1.29 is 13.2 Å². The average molecular weight is 403 g/mol. The summed E-state index contributed by atoms with van der Waals surface area (Å²) in [6.07, 6.45) is 0. The molecule has 8 heteroatoms. The van der Waals surface area contributed by atoms with E-state index in [2.05, 4.69) is 21.2 Å². The predicted octanol–water partition coefficient (Wildman–Crippen LogP) is 3.80. The van der Waals surface area contributed by atoms with E-state index in [-0.39, 0.29) is 27.4 Å². The van der Waals surface area contributed by atoms with Gasteiger partial charge >= 0.3 is 0 Å². The molecule has 0 spiro atoms. The minimum atomic E-state index is -4.03. The molecule has 1 atom stereocenters. The van der Waals surface area contributed by atoms with Crippen LogP contribution in [0.3, 0.4) is 0 Å². The molecule has 20 heavy (non-hydrogen) atoms. The molecule has 4 nitrogen and oxygen atoms in total. The fourth-order valence-corrected chi connectivity index (χ4v) is 3.54. The van der Waals surface area contributed by atoms with E-state index >= 15 is 0 Å². The minimum absolute atomic E-state index is 0.0627. The molecule has 0 heterocycles. The van der Waals surface area contributed by atoms with E-state index in [1.54, 1.807) is 0 Å². The lowest BCUT2D eigenvalue weighted by atomic mass is 10.1. The van der Waals surface area contributed by atoms with Crippen molar-refractivity contribution in [3.63, 3.8) is 0 Å². The van der Waals surface area contributed by atoms with Gasteiger partial charge in [0.15, 0.2) is 0 Å². The number of nitrogens with one attached hydrogen (secondary N) is 1. The van der Waals surface area contributed by atoms with Crippen LogP contribution in [0.2, 0.25) is 5.02 Å². The lowest BCUT2D eigenvalue weighted by Crippen LogP contribution is -2.36. The second-order valence-corrected chi connectivity index (χ2v) is 8.54. The Morgan fingerprint density at radius 3 is 2.30 bits per heavy atom. The van der Waals surface area contributed by atoms with Crippen molar-refractivity contribution >= 4 is 53.2 Å². The Hall–Kier alpha value is -0.300. The molecular weight excluding hydrogens is 389 g/mol. The number of halogens is 3. The Morgan fingerprint density at radius 1 is 1.30 bits per heavy atom. The molecule has 0 aliphatic carbocycles. The molecule has 1 rings (SSSR count). The summed E-state index contributed by atoms with van der Waals surface area (Å²) in [5.74, 6) is -0.208. The minimum Gasteiger partial charge on any atom is -0.349 e. The molecule has 0 saturated carbocycles. The summed E-state index contributed by atoms with van der Waals surface area (Å²) in [4.78, 5) is 11.9. The third-order valence-electron chi connectivity index (χ3n) is 2.87. The second-order valence-electron chi connectivity index (χ2n) is 4.71. The van der Waals surface area contributed by atoms with Gasteiger partial charge in [-0.15, -0.1) is 0 Å². The van der Waals surface area contributed by atoms with Crippen molar-refractivity contribution in [2.45, 2.75) is 31.7 Å². The first-order valence-electron chi connectivity index (χ1n) is 5.78. The van der Waals surface area contributed by atoms with E-state index in [1.807, 2.05) is 20.8 Å². The van der Waals surface area contributed by atoms with E-state index in [4.69, 9.17) is 22.3 Å². The molecular formula is C12H14BrCl2NO3S. The van der Waals surface area contributed by atoms with Crippen LogP contribution in [0.15, 0.2) is 21.5 Å². The van der Waals surface area contributed by atoms with Crippen LogP contribution < -0.4 is 5.32 Å². The molecule has 1 aromatic carbocycles. The van der Waals surface area contributed by atoms with Crippen LogP contribution in [0.25, 0.3) is 0 Å². The highest BCUT2D eigenvalue weighted by Crippen LogP contribution is 2.31. The van der Waals surface area contributed by atoms with E-state index < -0.39 is 15.0 Å². The van der Waals surface area contributed by atoms with E-state index in [0.29, 0.717) is 4.47 Å². The van der Waals surface area contributed by atoms with Crippen molar-refractivity contribution in [3.8, 4) is 0 Å². The first kappa shape index (κ1) is 17.8. The van der Waals surface area contributed by atoms with Crippen molar-refractivity contribution in [1.29, 1.82) is 0 Å². The maximum Gasteiger partial charge on any atom is 0.262 e. The molecule has 0 aliphatic rings. The van der Waals surface area contributed by atoms with Gasteiger partial charge in [-0.05, 0) is 25.0 Å². The summed E-state index contributed by atoms with van der Waals surface area (Å²) >= 11 is 9.12. The Balaban J connectivity index is 3.26. The Labute approximate surface area is 136 Å². The monoisotopic (exact) mass is 401 g/mol. The van der Waals surface area contributed by atoms with Gasteiger partial charge in [-0.1, -0.05) is 41.4 Å². The van der Waals surface area contributed by atoms with Crippen LogP contribution >= 0.6 is 38.2 Å². The second kappa shape index (κ2) is 6.64. The fourth-order valence-electron chi connectivity index (χ4n) is 1.36. The molecule has 0 bridgehead atoms. The highest BCUT2D eigenvalue weighted by Gasteiger charge is 2.23. The van der Waals surface area contributed by atoms with Crippen molar-refractivity contribution in [2.75, 3.05) is 0 Å². The Kier molecular flexibility index (Phi) is 5.89. The van der Waals surface area contributed by atoms with E-state index in [0.717, 1.165) is 0 Å². The van der Waals surface area contributed by atoms with Gasteiger partial charge in [0.2, 0.25) is 0 Å². The first-order valence-corrected chi connectivity index (χ1v) is 9.26. The normalized spacial score (nSPS) is 13.3. The molecule has 0 saturated heterocycles. The van der Waals surface area contributed by atoms with Crippen LogP contribution in [0.4, 0.5) is 0 Å². The topological polar surface area (TPSA) is 63.2 Å². The van der Waals surface area contributed by atoms with Crippen molar-refractivity contribution in [3.05, 3.63) is 27.2 Å². The standard InChI is InChI=1S/C12H14BrCl2NO3S/c1-6(2)7(3)16-12(17)9-4-8(13)5-10(11(9)14)20(15,18)19/h4-7H,1-3H3,(H,16,17). The third-order valence-corrected chi connectivity index (χ3v) is 5.19. The number of carbonyl (C=O) groups is 1. The number of benzene rings is 1. The summed E-state index contributed by atoms with van der Waals surface area (Å²) < 4.78 is 23.3. The molecule has 0 aromatic heterocycles. The summed E-state index contributed by atoms with van der Waals surface area (Å²) in [5.41, 5.74) is 0.0627. The molecule has 1 unspecified atom stereocenters. The molecule has 112 valence electrons. The zero-order chi connectivity index (χ0) is 15.7. The van der Waals surface area contributed by atoms with Gasteiger partial charge in [0.1, 0.15) is 4.90 Å². The van der Waals surface area contributed by atoms with Crippen LogP contribution in [-0.4, -0.2) is 20.4 Å². The lowest BCUT2D eigenvalue weighted by Gasteiger charge is -2.18.